The molecule has 31 heavy (non-hydrogen) atoms. The molecule has 1 aliphatic rings. The molecule has 0 saturated heterocycles. The smallest absolute Gasteiger partial charge is 0.268 e. The van der Waals surface area contributed by atoms with Crippen LogP contribution in [0.25, 0.3) is 22.8 Å². The third-order valence-electron chi connectivity index (χ3n) is 5.15. The zero-order valence-corrected chi connectivity index (χ0v) is 17.7. The second-order valence-electron chi connectivity index (χ2n) is 7.18. The van der Waals surface area contributed by atoms with Gasteiger partial charge in [0, 0.05) is 35.8 Å². The Morgan fingerprint density at radius 1 is 1.03 bits per heavy atom. The quantitative estimate of drug-likeness (QED) is 0.475. The lowest BCUT2D eigenvalue weighted by atomic mass is 9.49. The molecule has 7 heteroatoms. The molecule has 0 spiro atoms. The average molecular weight is 406 g/mol. The standard InChI is InChI=1S/C22H17BN6.C2H6/c24-15-23-11-18-20(12-23)26-22(17-6-2-1-3-7-17)27-21(18)19-8-10-29(28-19)14-16-5-4-9-25-13-16;1-2/h1-10,13H,11-12,14H2;1-2H3. The van der Waals surface area contributed by atoms with Gasteiger partial charge in [0.2, 0.25) is 0 Å². The summed E-state index contributed by atoms with van der Waals surface area (Å²) in [5.41, 5.74) is 5.70. The van der Waals surface area contributed by atoms with Gasteiger partial charge >= 0.3 is 0 Å². The van der Waals surface area contributed by atoms with Crippen molar-refractivity contribution < 1.29 is 0 Å². The third kappa shape index (κ3) is 4.38. The number of fused-ring (bicyclic) bond motifs is 1. The van der Waals surface area contributed by atoms with Crippen molar-refractivity contribution >= 4 is 6.71 Å². The maximum Gasteiger partial charge on any atom is 0.278 e. The van der Waals surface area contributed by atoms with Gasteiger partial charge in [-0.2, -0.15) is 5.10 Å². The van der Waals surface area contributed by atoms with Gasteiger partial charge in [-0.05, 0) is 35.9 Å². The van der Waals surface area contributed by atoms with Crippen molar-refractivity contribution in [1.82, 2.24) is 24.7 Å². The highest BCUT2D eigenvalue weighted by Gasteiger charge is 2.31. The van der Waals surface area contributed by atoms with Crippen molar-refractivity contribution in [3.05, 3.63) is 83.9 Å². The number of nitriles is 1. The van der Waals surface area contributed by atoms with Crippen molar-refractivity contribution in [2.24, 2.45) is 0 Å². The lowest BCUT2D eigenvalue weighted by molar-refractivity contribution is 0.686. The summed E-state index contributed by atoms with van der Waals surface area (Å²) in [5, 5.41) is 14.2. The second-order valence-corrected chi connectivity index (χ2v) is 7.18. The van der Waals surface area contributed by atoms with Crippen LogP contribution in [-0.2, 0) is 19.2 Å². The Kier molecular flexibility index (Phi) is 6.18. The van der Waals surface area contributed by atoms with E-state index in [9.17, 15) is 5.26 Å². The highest BCUT2D eigenvalue weighted by molar-refractivity contribution is 6.67. The first-order valence-electron chi connectivity index (χ1n) is 10.6. The number of benzene rings is 1. The van der Waals surface area contributed by atoms with Crippen molar-refractivity contribution in [1.29, 1.82) is 5.26 Å². The van der Waals surface area contributed by atoms with Gasteiger partial charge in [-0.1, -0.05) is 50.2 Å². The molecule has 5 rings (SSSR count). The zero-order valence-electron chi connectivity index (χ0n) is 17.7. The molecule has 6 nitrogen and oxygen atoms in total. The summed E-state index contributed by atoms with van der Waals surface area (Å²) in [5.74, 6) is 3.07. The molecule has 1 aromatic carbocycles. The fraction of sp³-hybridized carbons (Fsp3) is 0.208. The summed E-state index contributed by atoms with van der Waals surface area (Å²) in [4.78, 5) is 13.8. The van der Waals surface area contributed by atoms with Crippen LogP contribution in [0.3, 0.4) is 0 Å². The van der Waals surface area contributed by atoms with E-state index in [0.29, 0.717) is 25.0 Å². The number of rotatable bonds is 4. The lowest BCUT2D eigenvalue weighted by Crippen LogP contribution is -2.10. The normalized spacial score (nSPS) is 12.0. The Labute approximate surface area is 182 Å². The first kappa shape index (κ1) is 20.5. The fourth-order valence-corrected chi connectivity index (χ4v) is 3.74. The van der Waals surface area contributed by atoms with Crippen LogP contribution in [0.5, 0.6) is 0 Å². The van der Waals surface area contributed by atoms with Crippen molar-refractivity contribution in [2.45, 2.75) is 33.0 Å². The van der Waals surface area contributed by atoms with Gasteiger partial charge in [-0.25, -0.2) is 15.2 Å². The Balaban J connectivity index is 0.00000112. The molecule has 0 saturated carbocycles. The number of pyridine rings is 1. The van der Waals surface area contributed by atoms with Crippen molar-refractivity contribution in [2.75, 3.05) is 0 Å². The molecule has 4 heterocycles. The van der Waals surface area contributed by atoms with E-state index in [-0.39, 0.29) is 6.71 Å². The summed E-state index contributed by atoms with van der Waals surface area (Å²) in [6, 6.07) is 15.9. The van der Waals surface area contributed by atoms with E-state index in [1.807, 2.05) is 79.5 Å². The topological polar surface area (TPSA) is 80.3 Å². The molecule has 152 valence electrons. The van der Waals surface area contributed by atoms with E-state index in [1.165, 1.54) is 0 Å². The van der Waals surface area contributed by atoms with E-state index in [0.717, 1.165) is 33.8 Å². The number of hydrogen-bond donors (Lipinski definition) is 0. The third-order valence-corrected chi connectivity index (χ3v) is 5.15. The Hall–Kier alpha value is -3.79. The van der Waals surface area contributed by atoms with E-state index in [4.69, 9.17) is 15.1 Å². The molecule has 0 amide bonds. The highest BCUT2D eigenvalue weighted by Crippen LogP contribution is 2.31. The van der Waals surface area contributed by atoms with Crippen LogP contribution in [-0.4, -0.2) is 31.4 Å². The average Bonchev–Trinajstić information content (AvgIpc) is 3.48. The number of nitrogens with zero attached hydrogens (tertiary/aromatic N) is 6. The summed E-state index contributed by atoms with van der Waals surface area (Å²) >= 11 is 0. The molecule has 4 aromatic rings. The molecule has 0 N–H and O–H groups in total. The number of hydrogen-bond acceptors (Lipinski definition) is 5. The summed E-state index contributed by atoms with van der Waals surface area (Å²) in [6.45, 7) is 4.59. The van der Waals surface area contributed by atoms with Crippen LogP contribution in [0.4, 0.5) is 0 Å². The minimum absolute atomic E-state index is 0.0541. The fourth-order valence-electron chi connectivity index (χ4n) is 3.74. The molecule has 0 atom stereocenters. The predicted octanol–water partition coefficient (Wildman–Crippen LogP) is 4.21. The summed E-state index contributed by atoms with van der Waals surface area (Å²) in [6.07, 6.45) is 6.90. The largest absolute Gasteiger partial charge is 0.278 e. The van der Waals surface area contributed by atoms with Gasteiger partial charge in [-0.15, -0.1) is 0 Å². The van der Waals surface area contributed by atoms with Gasteiger partial charge in [-0.3, -0.25) is 9.67 Å². The summed E-state index contributed by atoms with van der Waals surface area (Å²) < 4.78 is 1.89. The SMILES string of the molecule is CC.N#CB1Cc2nc(-c3ccccc3)nc(-c3ccn(Cc4cccnc4)n3)c2C1. The molecule has 0 radical (unpaired) electrons. The molecule has 0 fully saturated rings. The second kappa shape index (κ2) is 9.35. The molecular formula is C24H23BN6. The van der Waals surface area contributed by atoms with E-state index in [1.54, 1.807) is 6.20 Å². The first-order valence-corrected chi connectivity index (χ1v) is 10.6. The van der Waals surface area contributed by atoms with Gasteiger partial charge in [0.15, 0.2) is 5.82 Å². The molecule has 0 aliphatic carbocycles. The van der Waals surface area contributed by atoms with Crippen LogP contribution in [0.2, 0.25) is 0 Å². The Morgan fingerprint density at radius 2 is 1.87 bits per heavy atom. The zero-order chi connectivity index (χ0) is 21.6. The van der Waals surface area contributed by atoms with Gasteiger partial charge < -0.3 is 0 Å². The monoisotopic (exact) mass is 406 g/mol. The maximum absolute atomic E-state index is 9.43. The van der Waals surface area contributed by atoms with Crippen LogP contribution in [0, 0.1) is 11.2 Å². The minimum Gasteiger partial charge on any atom is -0.268 e. The Bertz CT molecular complexity index is 1200. The van der Waals surface area contributed by atoms with Gasteiger partial charge in [0.25, 0.3) is 6.71 Å². The van der Waals surface area contributed by atoms with Crippen LogP contribution >= 0.6 is 0 Å². The molecular weight excluding hydrogens is 383 g/mol. The highest BCUT2D eigenvalue weighted by atomic mass is 15.3. The van der Waals surface area contributed by atoms with Crippen molar-refractivity contribution in [3.63, 3.8) is 0 Å². The number of aromatic nitrogens is 5. The minimum atomic E-state index is -0.0541. The maximum atomic E-state index is 9.43. The lowest BCUT2D eigenvalue weighted by Gasteiger charge is -2.09. The molecule has 0 bridgehead atoms. The van der Waals surface area contributed by atoms with E-state index < -0.39 is 0 Å². The van der Waals surface area contributed by atoms with Crippen LogP contribution < -0.4 is 0 Å². The van der Waals surface area contributed by atoms with Gasteiger partial charge in [0.1, 0.15) is 5.69 Å². The molecule has 0 unspecified atom stereocenters. The molecule has 3 aromatic heterocycles. The van der Waals surface area contributed by atoms with E-state index in [2.05, 4.69) is 11.0 Å². The predicted molar refractivity (Wildman–Crippen MR) is 122 cm³/mol. The van der Waals surface area contributed by atoms with Gasteiger partial charge in [0.05, 0.1) is 12.2 Å². The summed E-state index contributed by atoms with van der Waals surface area (Å²) in [7, 11) is 0. The van der Waals surface area contributed by atoms with Crippen LogP contribution in [0.15, 0.2) is 67.1 Å². The molecule has 1 aliphatic heterocycles. The Morgan fingerprint density at radius 3 is 2.61 bits per heavy atom. The van der Waals surface area contributed by atoms with E-state index >= 15 is 0 Å². The first-order chi connectivity index (χ1) is 15.3. The van der Waals surface area contributed by atoms with Crippen molar-refractivity contribution in [3.8, 4) is 28.7 Å². The van der Waals surface area contributed by atoms with Crippen LogP contribution in [0.1, 0.15) is 30.7 Å².